The topological polar surface area (TPSA) is 116 Å². The number of carboxylic acid groups (broad SMARTS) is 1. The Kier molecular flexibility index (Phi) is 5.92. The summed E-state index contributed by atoms with van der Waals surface area (Å²) in [5, 5.41) is 19.6. The molecule has 0 spiro atoms. The van der Waals surface area contributed by atoms with E-state index >= 15 is 0 Å². The Morgan fingerprint density at radius 1 is 1.55 bits per heavy atom. The molecule has 0 aliphatic carbocycles. The van der Waals surface area contributed by atoms with Crippen molar-refractivity contribution in [1.82, 2.24) is 0 Å². The molecule has 3 N–H and O–H groups in total. The van der Waals surface area contributed by atoms with Crippen LogP contribution in [0.4, 0.5) is 5.69 Å². The van der Waals surface area contributed by atoms with Crippen molar-refractivity contribution in [3.05, 3.63) is 33.9 Å². The number of aliphatic carboxylic acids is 1. The Morgan fingerprint density at radius 2 is 2.25 bits per heavy atom. The molecule has 20 heavy (non-hydrogen) atoms. The molecule has 0 aliphatic heterocycles. The molecule has 0 aromatic heterocycles. The third-order valence-electron chi connectivity index (χ3n) is 2.74. The molecule has 0 fully saturated rings. The number of nitrogens with zero attached hydrogens (tertiary/aromatic N) is 1. The van der Waals surface area contributed by atoms with Crippen molar-refractivity contribution < 1.29 is 19.6 Å². The van der Waals surface area contributed by atoms with Gasteiger partial charge in [-0.3, -0.25) is 14.9 Å². The van der Waals surface area contributed by atoms with E-state index in [1.54, 1.807) is 12.1 Å². The molecule has 0 unspecified atom stereocenters. The summed E-state index contributed by atoms with van der Waals surface area (Å²) >= 11 is 0. The van der Waals surface area contributed by atoms with E-state index in [1.165, 1.54) is 6.07 Å². The predicted octanol–water partition coefficient (Wildman–Crippen LogP) is 1.73. The number of benzene rings is 1. The summed E-state index contributed by atoms with van der Waals surface area (Å²) in [4.78, 5) is 21.0. The molecular formula is C13H18N2O5. The summed E-state index contributed by atoms with van der Waals surface area (Å²) in [6, 6.07) is 3.59. The van der Waals surface area contributed by atoms with Gasteiger partial charge < -0.3 is 15.6 Å². The Labute approximate surface area is 116 Å². The van der Waals surface area contributed by atoms with Crippen LogP contribution in [0.25, 0.3) is 0 Å². The van der Waals surface area contributed by atoms with Gasteiger partial charge in [-0.05, 0) is 30.9 Å². The van der Waals surface area contributed by atoms with E-state index in [4.69, 9.17) is 15.6 Å². The maximum atomic E-state index is 10.9. The molecule has 0 bridgehead atoms. The highest BCUT2D eigenvalue weighted by Gasteiger charge is 2.17. The van der Waals surface area contributed by atoms with Crippen molar-refractivity contribution in [2.45, 2.75) is 32.2 Å². The Balaban J connectivity index is 2.83. The van der Waals surface area contributed by atoms with Crippen molar-refractivity contribution in [1.29, 1.82) is 0 Å². The number of aryl methyl sites for hydroxylation is 1. The average Bonchev–Trinajstić information content (AvgIpc) is 2.42. The maximum Gasteiger partial charge on any atom is 0.320 e. The van der Waals surface area contributed by atoms with Crippen molar-refractivity contribution in [3.63, 3.8) is 0 Å². The molecule has 7 nitrogen and oxygen atoms in total. The van der Waals surface area contributed by atoms with Crippen LogP contribution in [-0.2, 0) is 11.2 Å². The summed E-state index contributed by atoms with van der Waals surface area (Å²) < 4.78 is 5.35. The van der Waals surface area contributed by atoms with Crippen LogP contribution in [0.15, 0.2) is 18.2 Å². The van der Waals surface area contributed by atoms with Gasteiger partial charge in [-0.2, -0.15) is 0 Å². The van der Waals surface area contributed by atoms with E-state index in [0.717, 1.165) is 12.0 Å². The fourth-order valence-electron chi connectivity index (χ4n) is 1.64. The van der Waals surface area contributed by atoms with Crippen LogP contribution in [0.2, 0.25) is 0 Å². The van der Waals surface area contributed by atoms with Gasteiger partial charge in [0.25, 0.3) is 0 Å². The van der Waals surface area contributed by atoms with E-state index < -0.39 is 16.9 Å². The van der Waals surface area contributed by atoms with Gasteiger partial charge in [-0.1, -0.05) is 13.0 Å². The van der Waals surface area contributed by atoms with E-state index in [-0.39, 0.29) is 17.9 Å². The summed E-state index contributed by atoms with van der Waals surface area (Å²) in [5.41, 5.74) is 6.09. The normalized spacial score (nSPS) is 11.9. The number of nitro groups is 1. The van der Waals surface area contributed by atoms with Gasteiger partial charge in [-0.15, -0.1) is 0 Å². The van der Waals surface area contributed by atoms with Gasteiger partial charge in [0.1, 0.15) is 6.04 Å². The number of carbonyl (C=O) groups is 1. The lowest BCUT2D eigenvalue weighted by molar-refractivity contribution is -0.385. The predicted molar refractivity (Wildman–Crippen MR) is 72.8 cm³/mol. The molecular weight excluding hydrogens is 264 g/mol. The molecule has 0 aliphatic rings. The quantitative estimate of drug-likeness (QED) is 0.554. The molecule has 0 saturated heterocycles. The number of hydrogen-bond acceptors (Lipinski definition) is 5. The largest absolute Gasteiger partial charge is 0.487 e. The Hall–Kier alpha value is -2.15. The molecule has 1 atom stereocenters. The minimum atomic E-state index is -1.06. The molecule has 0 saturated carbocycles. The van der Waals surface area contributed by atoms with Crippen LogP contribution in [0, 0.1) is 10.1 Å². The molecule has 7 heteroatoms. The second-order valence-corrected chi connectivity index (χ2v) is 4.39. The van der Waals surface area contributed by atoms with Crippen LogP contribution < -0.4 is 10.5 Å². The molecule has 0 amide bonds. The smallest absolute Gasteiger partial charge is 0.320 e. The second kappa shape index (κ2) is 7.44. The molecule has 0 heterocycles. The van der Waals surface area contributed by atoms with Crippen molar-refractivity contribution in [3.8, 4) is 5.75 Å². The van der Waals surface area contributed by atoms with Crippen LogP contribution in [0.1, 0.15) is 25.3 Å². The molecule has 1 rings (SSSR count). The molecule has 1 aromatic rings. The minimum absolute atomic E-state index is 0.0928. The molecule has 0 radical (unpaired) electrons. The first-order chi connectivity index (χ1) is 9.45. The number of carboxylic acids is 1. The van der Waals surface area contributed by atoms with Crippen molar-refractivity contribution in [2.75, 3.05) is 6.61 Å². The lowest BCUT2D eigenvalue weighted by Gasteiger charge is -2.09. The van der Waals surface area contributed by atoms with Gasteiger partial charge >= 0.3 is 11.7 Å². The number of rotatable bonds is 8. The zero-order valence-corrected chi connectivity index (χ0v) is 11.2. The Morgan fingerprint density at radius 3 is 2.80 bits per heavy atom. The number of ether oxygens (including phenoxy) is 1. The van der Waals surface area contributed by atoms with Crippen molar-refractivity contribution in [2.24, 2.45) is 5.73 Å². The first-order valence-corrected chi connectivity index (χ1v) is 6.34. The van der Waals surface area contributed by atoms with E-state index in [9.17, 15) is 14.9 Å². The second-order valence-electron chi connectivity index (χ2n) is 4.39. The third kappa shape index (κ3) is 4.51. The first kappa shape index (κ1) is 15.9. The van der Waals surface area contributed by atoms with E-state index in [2.05, 4.69) is 0 Å². The fraction of sp³-hybridized carbons (Fsp3) is 0.462. The standard InChI is InChI=1S/C13H18N2O5/c1-2-7-20-12-8-9(3-5-10(14)13(16)17)4-6-11(12)15(18)19/h4,6,8,10H,2-3,5,7,14H2,1H3,(H,16,17)/t10-/m0/s1. The van der Waals surface area contributed by atoms with E-state index in [1.807, 2.05) is 6.92 Å². The van der Waals surface area contributed by atoms with Gasteiger partial charge in [0, 0.05) is 6.07 Å². The van der Waals surface area contributed by atoms with Crippen molar-refractivity contribution >= 4 is 11.7 Å². The zero-order valence-electron chi connectivity index (χ0n) is 11.2. The Bertz CT molecular complexity index is 490. The minimum Gasteiger partial charge on any atom is -0.487 e. The number of nitrogens with two attached hydrogens (primary N) is 1. The summed E-state index contributed by atoms with van der Waals surface area (Å²) in [6.07, 6.45) is 1.43. The SMILES string of the molecule is CCCOc1cc(CC[C@H](N)C(=O)O)ccc1[N+](=O)[O-]. The zero-order chi connectivity index (χ0) is 15.1. The van der Waals surface area contributed by atoms with Crippen LogP contribution in [0.5, 0.6) is 5.75 Å². The van der Waals surface area contributed by atoms with Gasteiger partial charge in [-0.25, -0.2) is 0 Å². The van der Waals surface area contributed by atoms with Crippen LogP contribution in [0.3, 0.4) is 0 Å². The lowest BCUT2D eigenvalue weighted by Crippen LogP contribution is -2.30. The highest BCUT2D eigenvalue weighted by Crippen LogP contribution is 2.28. The number of nitro benzene ring substituents is 1. The lowest BCUT2D eigenvalue weighted by atomic mass is 10.0. The van der Waals surface area contributed by atoms with Gasteiger partial charge in [0.05, 0.1) is 11.5 Å². The van der Waals surface area contributed by atoms with Gasteiger partial charge in [0.15, 0.2) is 5.75 Å². The van der Waals surface area contributed by atoms with Crippen LogP contribution >= 0.6 is 0 Å². The maximum absolute atomic E-state index is 10.9. The molecule has 1 aromatic carbocycles. The summed E-state index contributed by atoms with van der Waals surface area (Å²) in [7, 11) is 0. The molecule has 110 valence electrons. The van der Waals surface area contributed by atoms with Gasteiger partial charge in [0.2, 0.25) is 0 Å². The monoisotopic (exact) mass is 282 g/mol. The summed E-state index contributed by atoms with van der Waals surface area (Å²) in [5.74, 6) is -0.854. The third-order valence-corrected chi connectivity index (χ3v) is 2.74. The van der Waals surface area contributed by atoms with E-state index in [0.29, 0.717) is 13.0 Å². The highest BCUT2D eigenvalue weighted by atomic mass is 16.6. The highest BCUT2D eigenvalue weighted by molar-refractivity contribution is 5.73. The first-order valence-electron chi connectivity index (χ1n) is 6.34. The average molecular weight is 282 g/mol. The number of hydrogen-bond donors (Lipinski definition) is 2. The fourth-order valence-corrected chi connectivity index (χ4v) is 1.64. The van der Waals surface area contributed by atoms with Crippen LogP contribution in [-0.4, -0.2) is 28.6 Å². The summed E-state index contributed by atoms with van der Waals surface area (Å²) in [6.45, 7) is 2.29.